The van der Waals surface area contributed by atoms with Crippen LogP contribution in [0.15, 0.2) is 53.4 Å². The number of hydrogen-bond donors (Lipinski definition) is 1. The maximum atomic E-state index is 12.7. The molecule has 1 aliphatic heterocycles. The van der Waals surface area contributed by atoms with E-state index in [-0.39, 0.29) is 24.6 Å². The molecule has 1 heterocycles. The maximum Gasteiger partial charge on any atom is 0.243 e. The molecule has 1 aliphatic rings. The first-order valence-electron chi connectivity index (χ1n) is 10.8. The number of ether oxygens (including phenoxy) is 1. The summed E-state index contributed by atoms with van der Waals surface area (Å²) in [5.41, 5.74) is 0.411. The number of carbonyl (C=O) groups is 1. The minimum atomic E-state index is -3.64. The Labute approximate surface area is 214 Å². The van der Waals surface area contributed by atoms with E-state index in [1.807, 2.05) is 0 Å². The van der Waals surface area contributed by atoms with Gasteiger partial charge in [-0.25, -0.2) is 16.8 Å². The molecule has 1 saturated heterocycles. The average molecular weight is 622 g/mol. The fourth-order valence-corrected chi connectivity index (χ4v) is 6.25. The van der Waals surface area contributed by atoms with Gasteiger partial charge in [0.05, 0.1) is 23.4 Å². The third-order valence-corrected chi connectivity index (χ3v) is 9.04. The van der Waals surface area contributed by atoms with E-state index >= 15 is 0 Å². The molecule has 1 amide bonds. The molecule has 1 N–H and O–H groups in total. The molecule has 0 spiro atoms. The van der Waals surface area contributed by atoms with Crippen molar-refractivity contribution in [3.8, 4) is 5.75 Å². The van der Waals surface area contributed by atoms with E-state index in [2.05, 4.69) is 27.9 Å². The summed E-state index contributed by atoms with van der Waals surface area (Å²) in [5.74, 6) is 0.0130. The summed E-state index contributed by atoms with van der Waals surface area (Å²) in [7, 11) is -7.14. The Bertz CT molecular complexity index is 1180. The van der Waals surface area contributed by atoms with Crippen LogP contribution in [0.25, 0.3) is 0 Å². The van der Waals surface area contributed by atoms with Crippen molar-refractivity contribution in [3.05, 3.63) is 52.1 Å². The van der Waals surface area contributed by atoms with Crippen molar-refractivity contribution in [1.29, 1.82) is 0 Å². The number of benzene rings is 2. The molecule has 2 aromatic carbocycles. The topological polar surface area (TPSA) is 113 Å². The number of nitrogens with zero attached hydrogens (tertiary/aromatic N) is 2. The second-order valence-corrected chi connectivity index (χ2v) is 13.0. The first-order chi connectivity index (χ1) is 16.1. The number of amides is 1. The summed E-state index contributed by atoms with van der Waals surface area (Å²) in [5, 5.41) is 2.64. The van der Waals surface area contributed by atoms with Crippen LogP contribution in [0.5, 0.6) is 5.75 Å². The fraction of sp³-hybridized carbons (Fsp3) is 0.409. The van der Waals surface area contributed by atoms with Crippen molar-refractivity contribution in [3.63, 3.8) is 0 Å². The minimum absolute atomic E-state index is 0.145. The normalized spacial score (nSPS) is 15.0. The Morgan fingerprint density at radius 2 is 1.62 bits per heavy atom. The molecule has 186 valence electrons. The number of halogens is 1. The number of anilines is 1. The SMILES string of the molecule is CS(=O)(=O)N(CC(=O)NCCOc1ccc(S(=O)(=O)N2CCCCC2)cc1)c1ccc(I)cc1. The summed E-state index contributed by atoms with van der Waals surface area (Å²) < 4.78 is 58.8. The van der Waals surface area contributed by atoms with Gasteiger partial charge in [-0.05, 0) is 84.0 Å². The van der Waals surface area contributed by atoms with Gasteiger partial charge >= 0.3 is 0 Å². The van der Waals surface area contributed by atoms with Crippen molar-refractivity contribution in [2.24, 2.45) is 0 Å². The lowest BCUT2D eigenvalue weighted by Gasteiger charge is -2.25. The highest BCUT2D eigenvalue weighted by Crippen LogP contribution is 2.23. The largest absolute Gasteiger partial charge is 0.492 e. The highest BCUT2D eigenvalue weighted by atomic mass is 127. The second kappa shape index (κ2) is 11.7. The standard InChI is InChI=1S/C22H28IN3O6S2/c1-33(28,29)26(19-7-5-18(23)6-8-19)17-22(27)24-13-16-32-20-9-11-21(12-10-20)34(30,31)25-14-3-2-4-15-25/h5-12H,2-4,13-17H2,1H3,(H,24,27). The first-order valence-corrected chi connectivity index (χ1v) is 15.2. The lowest BCUT2D eigenvalue weighted by molar-refractivity contribution is -0.119. The van der Waals surface area contributed by atoms with Crippen molar-refractivity contribution < 1.29 is 26.4 Å². The minimum Gasteiger partial charge on any atom is -0.492 e. The number of sulfonamides is 2. The van der Waals surface area contributed by atoms with Gasteiger partial charge in [0, 0.05) is 16.7 Å². The van der Waals surface area contributed by atoms with Gasteiger partial charge in [-0.1, -0.05) is 6.42 Å². The smallest absolute Gasteiger partial charge is 0.243 e. The van der Waals surface area contributed by atoms with Crippen molar-refractivity contribution in [1.82, 2.24) is 9.62 Å². The Morgan fingerprint density at radius 1 is 1.00 bits per heavy atom. The molecular weight excluding hydrogens is 593 g/mol. The van der Waals surface area contributed by atoms with E-state index in [1.54, 1.807) is 36.4 Å². The second-order valence-electron chi connectivity index (χ2n) is 7.88. The summed E-state index contributed by atoms with van der Waals surface area (Å²) in [6.45, 7) is 1.05. The highest BCUT2D eigenvalue weighted by molar-refractivity contribution is 14.1. The van der Waals surface area contributed by atoms with E-state index in [1.165, 1.54) is 16.4 Å². The van der Waals surface area contributed by atoms with Crippen LogP contribution in [-0.4, -0.2) is 66.1 Å². The molecule has 0 radical (unpaired) electrons. The van der Waals surface area contributed by atoms with Gasteiger partial charge in [0.1, 0.15) is 18.9 Å². The van der Waals surface area contributed by atoms with Gasteiger partial charge in [-0.2, -0.15) is 4.31 Å². The summed E-state index contributed by atoms with van der Waals surface area (Å²) in [6, 6.07) is 13.0. The van der Waals surface area contributed by atoms with Gasteiger partial charge in [0.25, 0.3) is 0 Å². The van der Waals surface area contributed by atoms with E-state index in [0.717, 1.165) is 33.4 Å². The van der Waals surface area contributed by atoms with E-state index < -0.39 is 26.0 Å². The lowest BCUT2D eigenvalue weighted by atomic mass is 10.2. The summed E-state index contributed by atoms with van der Waals surface area (Å²) >= 11 is 2.12. The van der Waals surface area contributed by atoms with Gasteiger partial charge in [0.2, 0.25) is 26.0 Å². The molecule has 34 heavy (non-hydrogen) atoms. The zero-order chi connectivity index (χ0) is 24.8. The number of piperidine rings is 1. The third kappa shape index (κ3) is 7.30. The van der Waals surface area contributed by atoms with Crippen LogP contribution in [0, 0.1) is 3.57 Å². The molecule has 0 aliphatic carbocycles. The molecule has 3 rings (SSSR count). The Hall–Kier alpha value is -1.90. The molecule has 1 fully saturated rings. The number of carbonyl (C=O) groups excluding carboxylic acids is 1. The summed E-state index contributed by atoms with van der Waals surface area (Å²) in [6.07, 6.45) is 3.85. The van der Waals surface area contributed by atoms with Gasteiger partial charge < -0.3 is 10.1 Å². The van der Waals surface area contributed by atoms with Crippen molar-refractivity contribution >= 4 is 54.2 Å². The Balaban J connectivity index is 1.49. The van der Waals surface area contributed by atoms with Crippen molar-refractivity contribution in [2.75, 3.05) is 43.3 Å². The Kier molecular flexibility index (Phi) is 9.18. The molecule has 0 atom stereocenters. The van der Waals surface area contributed by atoms with E-state index in [4.69, 9.17) is 4.74 Å². The predicted octanol–water partition coefficient (Wildman–Crippen LogP) is 2.43. The molecule has 0 aromatic heterocycles. The third-order valence-electron chi connectivity index (χ3n) is 5.27. The van der Waals surface area contributed by atoms with Crippen LogP contribution >= 0.6 is 22.6 Å². The van der Waals surface area contributed by atoms with E-state index in [9.17, 15) is 21.6 Å². The molecule has 2 aromatic rings. The Morgan fingerprint density at radius 3 is 2.21 bits per heavy atom. The summed E-state index contributed by atoms with van der Waals surface area (Å²) in [4.78, 5) is 12.5. The average Bonchev–Trinajstić information content (AvgIpc) is 2.81. The molecule has 0 bridgehead atoms. The number of hydrogen-bond acceptors (Lipinski definition) is 6. The van der Waals surface area contributed by atoms with Gasteiger partial charge in [-0.3, -0.25) is 9.10 Å². The maximum absolute atomic E-state index is 12.7. The molecular formula is C22H28IN3O6S2. The quantitative estimate of drug-likeness (QED) is 0.322. The predicted molar refractivity (Wildman–Crippen MR) is 139 cm³/mol. The van der Waals surface area contributed by atoms with Crippen LogP contribution in [-0.2, 0) is 24.8 Å². The van der Waals surface area contributed by atoms with E-state index in [0.29, 0.717) is 24.5 Å². The highest BCUT2D eigenvalue weighted by Gasteiger charge is 2.25. The van der Waals surface area contributed by atoms with Gasteiger partial charge in [0.15, 0.2) is 0 Å². The number of rotatable bonds is 10. The van der Waals surface area contributed by atoms with Gasteiger partial charge in [-0.15, -0.1) is 0 Å². The first kappa shape index (κ1) is 26.7. The molecule has 9 nitrogen and oxygen atoms in total. The van der Waals surface area contributed by atoms with Crippen LogP contribution in [0.3, 0.4) is 0 Å². The zero-order valence-corrected chi connectivity index (χ0v) is 22.6. The van der Waals surface area contributed by atoms with Crippen LogP contribution in [0.1, 0.15) is 19.3 Å². The zero-order valence-electron chi connectivity index (χ0n) is 18.8. The number of nitrogens with one attached hydrogen (secondary N) is 1. The molecule has 12 heteroatoms. The molecule has 0 saturated carbocycles. The van der Waals surface area contributed by atoms with Crippen LogP contribution < -0.4 is 14.4 Å². The fourth-order valence-electron chi connectivity index (χ4n) is 3.52. The van der Waals surface area contributed by atoms with Crippen molar-refractivity contribution in [2.45, 2.75) is 24.2 Å². The van der Waals surface area contributed by atoms with Crippen LogP contribution in [0.2, 0.25) is 0 Å². The monoisotopic (exact) mass is 621 g/mol. The molecule has 0 unspecified atom stereocenters. The lowest BCUT2D eigenvalue weighted by Crippen LogP contribution is -2.41. The van der Waals surface area contributed by atoms with Crippen LogP contribution in [0.4, 0.5) is 5.69 Å².